The van der Waals surface area contributed by atoms with Gasteiger partial charge in [-0.25, -0.2) is 14.6 Å². The summed E-state index contributed by atoms with van der Waals surface area (Å²) in [5.74, 6) is 7.81. The molecule has 0 atom stereocenters. The normalized spacial score (nSPS) is 16.9. The van der Waals surface area contributed by atoms with Crippen molar-refractivity contribution in [1.82, 2.24) is 24.9 Å². The summed E-state index contributed by atoms with van der Waals surface area (Å²) < 4.78 is 1.25. The highest BCUT2D eigenvalue weighted by Gasteiger charge is 2.19. The van der Waals surface area contributed by atoms with Crippen LogP contribution in [-0.2, 0) is 19.4 Å². The van der Waals surface area contributed by atoms with Crippen LogP contribution in [0.3, 0.4) is 0 Å². The molecular formula is C24H31N7O. The highest BCUT2D eigenvalue weighted by Crippen LogP contribution is 2.19. The molecule has 1 aromatic carbocycles. The fourth-order valence-corrected chi connectivity index (χ4v) is 4.69. The van der Waals surface area contributed by atoms with Crippen LogP contribution < -0.4 is 21.6 Å². The first-order valence-electron chi connectivity index (χ1n) is 11.6. The van der Waals surface area contributed by atoms with Gasteiger partial charge in [-0.2, -0.15) is 0 Å². The third kappa shape index (κ3) is 4.33. The Morgan fingerprint density at radius 2 is 1.84 bits per heavy atom. The zero-order chi connectivity index (χ0) is 21.9. The largest absolute Gasteiger partial charge is 0.354 e. The molecule has 3 aromatic rings. The number of aromatic nitrogens is 3. The first-order valence-corrected chi connectivity index (χ1v) is 11.6. The van der Waals surface area contributed by atoms with E-state index in [1.165, 1.54) is 10.1 Å². The fraction of sp³-hybridized carbons (Fsp3) is 0.458. The number of nitrogens with one attached hydrogen (secondary N) is 1. The topological polar surface area (TPSA) is 92.3 Å². The molecule has 0 spiro atoms. The summed E-state index contributed by atoms with van der Waals surface area (Å²) in [6, 6.07) is 12.6. The van der Waals surface area contributed by atoms with Crippen molar-refractivity contribution in [2.75, 3.05) is 50.0 Å². The third-order valence-electron chi connectivity index (χ3n) is 6.61. The van der Waals surface area contributed by atoms with Crippen LogP contribution in [0.5, 0.6) is 0 Å². The lowest BCUT2D eigenvalue weighted by atomic mass is 10.1. The second kappa shape index (κ2) is 9.26. The number of para-hydroxylation sites is 1. The fourth-order valence-electron chi connectivity index (χ4n) is 4.69. The van der Waals surface area contributed by atoms with Crippen LogP contribution in [0.2, 0.25) is 0 Å². The lowest BCUT2D eigenvalue weighted by Crippen LogP contribution is -2.47. The molecule has 0 radical (unpaired) electrons. The van der Waals surface area contributed by atoms with Crippen molar-refractivity contribution >= 4 is 16.7 Å². The molecule has 0 bridgehead atoms. The van der Waals surface area contributed by atoms with Gasteiger partial charge in [0.15, 0.2) is 0 Å². The number of fused-ring (bicyclic) bond motifs is 2. The maximum Gasteiger partial charge on any atom is 0.276 e. The minimum absolute atomic E-state index is 0.101. The summed E-state index contributed by atoms with van der Waals surface area (Å²) in [6.45, 7) is 6.57. The number of hydrogen-bond donors (Lipinski definition) is 2. The molecule has 1 fully saturated rings. The summed E-state index contributed by atoms with van der Waals surface area (Å²) in [5, 5.41) is 4.40. The van der Waals surface area contributed by atoms with Crippen molar-refractivity contribution in [2.45, 2.75) is 32.2 Å². The second-order valence-electron chi connectivity index (χ2n) is 8.70. The molecule has 1 saturated heterocycles. The molecule has 8 heteroatoms. The van der Waals surface area contributed by atoms with Crippen molar-refractivity contribution < 1.29 is 0 Å². The van der Waals surface area contributed by atoms with E-state index >= 15 is 0 Å². The van der Waals surface area contributed by atoms with E-state index < -0.39 is 0 Å². The summed E-state index contributed by atoms with van der Waals surface area (Å²) in [5.41, 5.74) is 2.60. The van der Waals surface area contributed by atoms with E-state index in [4.69, 9.17) is 15.8 Å². The summed E-state index contributed by atoms with van der Waals surface area (Å²) in [4.78, 5) is 26.9. The molecular weight excluding hydrogens is 402 g/mol. The Labute approximate surface area is 188 Å². The number of piperazine rings is 1. The molecule has 3 N–H and O–H groups in total. The monoisotopic (exact) mass is 433 g/mol. The number of pyridine rings is 1. The van der Waals surface area contributed by atoms with Gasteiger partial charge in [-0.3, -0.25) is 9.69 Å². The van der Waals surface area contributed by atoms with E-state index in [1.54, 1.807) is 0 Å². The number of aryl methyl sites for hydroxylation is 1. The van der Waals surface area contributed by atoms with Crippen molar-refractivity contribution in [3.63, 3.8) is 0 Å². The molecule has 168 valence electrons. The van der Waals surface area contributed by atoms with Gasteiger partial charge < -0.3 is 16.1 Å². The van der Waals surface area contributed by atoms with Crippen LogP contribution in [0.25, 0.3) is 10.9 Å². The van der Waals surface area contributed by atoms with Gasteiger partial charge in [0.1, 0.15) is 11.6 Å². The zero-order valence-electron chi connectivity index (χ0n) is 18.5. The number of anilines is 1. The average Bonchev–Trinajstić information content (AvgIpc) is 2.85. The smallest absolute Gasteiger partial charge is 0.276 e. The first kappa shape index (κ1) is 20.9. The Kier molecular flexibility index (Phi) is 6.05. The van der Waals surface area contributed by atoms with Crippen LogP contribution >= 0.6 is 0 Å². The Morgan fingerprint density at radius 1 is 1.00 bits per heavy atom. The number of benzene rings is 1. The number of nitrogens with two attached hydrogens (primary N) is 1. The first-order chi connectivity index (χ1) is 15.7. The van der Waals surface area contributed by atoms with Gasteiger partial charge in [0.2, 0.25) is 0 Å². The van der Waals surface area contributed by atoms with E-state index in [1.807, 2.05) is 12.1 Å². The van der Waals surface area contributed by atoms with Gasteiger partial charge in [-0.1, -0.05) is 18.2 Å². The van der Waals surface area contributed by atoms with Crippen LogP contribution in [-0.4, -0.2) is 58.8 Å². The summed E-state index contributed by atoms with van der Waals surface area (Å²) in [6.07, 6.45) is 3.60. The van der Waals surface area contributed by atoms with E-state index in [2.05, 4.69) is 39.4 Å². The highest BCUT2D eigenvalue weighted by atomic mass is 16.1. The van der Waals surface area contributed by atoms with Crippen LogP contribution in [0.4, 0.5) is 5.82 Å². The van der Waals surface area contributed by atoms with E-state index in [9.17, 15) is 4.79 Å². The number of nitrogen functional groups attached to an aromatic ring is 1. The third-order valence-corrected chi connectivity index (χ3v) is 6.61. The zero-order valence-corrected chi connectivity index (χ0v) is 18.5. The van der Waals surface area contributed by atoms with Crippen molar-refractivity contribution in [1.29, 1.82) is 0 Å². The maximum atomic E-state index is 12.5. The number of nitrogens with zero attached hydrogens (tertiary/aromatic N) is 5. The Hall–Kier alpha value is -2.97. The van der Waals surface area contributed by atoms with Crippen molar-refractivity contribution in [3.05, 3.63) is 63.8 Å². The molecule has 2 aliphatic heterocycles. The molecule has 0 saturated carbocycles. The lowest BCUT2D eigenvalue weighted by Gasteiger charge is -2.35. The van der Waals surface area contributed by atoms with Gasteiger partial charge >= 0.3 is 0 Å². The van der Waals surface area contributed by atoms with Gasteiger partial charge in [0.25, 0.3) is 5.56 Å². The molecule has 0 amide bonds. The molecule has 0 unspecified atom stereocenters. The van der Waals surface area contributed by atoms with Crippen LogP contribution in [0.15, 0.2) is 41.2 Å². The Morgan fingerprint density at radius 3 is 2.72 bits per heavy atom. The number of unbranched alkanes of at least 4 members (excludes halogenated alkanes) is 1. The Balaban J connectivity index is 1.10. The van der Waals surface area contributed by atoms with Crippen LogP contribution in [0, 0.1) is 0 Å². The molecule has 0 aliphatic carbocycles. The standard InChI is InChI=1S/C24H31N7O/c25-31-23(28-21-10-11-26-17-19(21)24(31)32)7-3-4-12-29-13-15-30(16-14-29)22-9-8-18-5-1-2-6-20(18)27-22/h1-2,5-6,8-9,26H,3-4,7,10-17,25H2. The van der Waals surface area contributed by atoms with Crippen LogP contribution in [0.1, 0.15) is 29.9 Å². The molecule has 2 aromatic heterocycles. The van der Waals surface area contributed by atoms with E-state index in [0.717, 1.165) is 87.5 Å². The van der Waals surface area contributed by atoms with Crippen molar-refractivity contribution in [3.8, 4) is 0 Å². The lowest BCUT2D eigenvalue weighted by molar-refractivity contribution is 0.252. The highest BCUT2D eigenvalue weighted by molar-refractivity contribution is 5.80. The molecule has 8 nitrogen and oxygen atoms in total. The number of rotatable bonds is 6. The predicted octanol–water partition coefficient (Wildman–Crippen LogP) is 1.30. The SMILES string of the molecule is Nn1c(CCCCN2CCN(c3ccc4ccccc4n3)CC2)nc2c(c1=O)CNCC2. The van der Waals surface area contributed by atoms with Gasteiger partial charge in [-0.05, 0) is 37.6 Å². The summed E-state index contributed by atoms with van der Waals surface area (Å²) >= 11 is 0. The van der Waals surface area contributed by atoms with E-state index in [0.29, 0.717) is 12.4 Å². The van der Waals surface area contributed by atoms with E-state index in [-0.39, 0.29) is 5.56 Å². The van der Waals surface area contributed by atoms with Gasteiger partial charge in [0, 0.05) is 57.5 Å². The molecule has 2 aliphatic rings. The quantitative estimate of drug-likeness (QED) is 0.447. The number of hydrogen-bond acceptors (Lipinski definition) is 7. The maximum absolute atomic E-state index is 12.5. The van der Waals surface area contributed by atoms with Gasteiger partial charge in [-0.15, -0.1) is 0 Å². The minimum Gasteiger partial charge on any atom is -0.354 e. The second-order valence-corrected chi connectivity index (χ2v) is 8.70. The predicted molar refractivity (Wildman–Crippen MR) is 127 cm³/mol. The molecule has 4 heterocycles. The summed E-state index contributed by atoms with van der Waals surface area (Å²) in [7, 11) is 0. The Bertz CT molecular complexity index is 1150. The van der Waals surface area contributed by atoms with Gasteiger partial charge in [0.05, 0.1) is 16.8 Å². The molecule has 32 heavy (non-hydrogen) atoms. The minimum atomic E-state index is -0.101. The average molecular weight is 434 g/mol. The molecule has 5 rings (SSSR count). The van der Waals surface area contributed by atoms with Crippen molar-refractivity contribution in [2.24, 2.45) is 0 Å².